The summed E-state index contributed by atoms with van der Waals surface area (Å²) in [6.07, 6.45) is 0. The Morgan fingerprint density at radius 3 is 2.40 bits per heavy atom. The third-order valence-electron chi connectivity index (χ3n) is 1.80. The van der Waals surface area contributed by atoms with Gasteiger partial charge in [-0.3, -0.25) is 4.79 Å². The molecule has 0 saturated heterocycles. The third-order valence-corrected chi connectivity index (χ3v) is 1.80. The normalized spacial score (nSPS) is 28.9. The molecular weight excluding hydrogens is 128 g/mol. The Bertz CT molecular complexity index is 184. The minimum Gasteiger partial charge on any atom is -0.298 e. The van der Waals surface area contributed by atoms with Crippen molar-refractivity contribution in [2.45, 2.75) is 26.8 Å². The van der Waals surface area contributed by atoms with Gasteiger partial charge in [0.05, 0.1) is 6.54 Å². The van der Waals surface area contributed by atoms with Gasteiger partial charge in [-0.2, -0.15) is 10.2 Å². The molecule has 1 rings (SSSR count). The van der Waals surface area contributed by atoms with Crippen LogP contribution in [0.2, 0.25) is 0 Å². The van der Waals surface area contributed by atoms with Crippen molar-refractivity contribution >= 4 is 5.78 Å². The fourth-order valence-corrected chi connectivity index (χ4v) is 1.18. The van der Waals surface area contributed by atoms with Gasteiger partial charge in [-0.1, -0.05) is 13.8 Å². The molecule has 3 nitrogen and oxygen atoms in total. The Morgan fingerprint density at radius 2 is 2.20 bits per heavy atom. The zero-order chi connectivity index (χ0) is 7.78. The SMILES string of the molecule is CC(=O)C1N=NCC1(C)C. The maximum atomic E-state index is 10.9. The minimum absolute atomic E-state index is 0.0498. The molecule has 3 heteroatoms. The van der Waals surface area contributed by atoms with Crippen LogP contribution in [-0.4, -0.2) is 18.4 Å². The summed E-state index contributed by atoms with van der Waals surface area (Å²) >= 11 is 0. The van der Waals surface area contributed by atoms with Crippen molar-refractivity contribution in [2.24, 2.45) is 15.6 Å². The van der Waals surface area contributed by atoms with Crippen molar-refractivity contribution < 1.29 is 4.79 Å². The van der Waals surface area contributed by atoms with Crippen LogP contribution in [0.4, 0.5) is 0 Å². The molecule has 0 amide bonds. The summed E-state index contributed by atoms with van der Waals surface area (Å²) in [5.41, 5.74) is -0.0498. The van der Waals surface area contributed by atoms with Crippen molar-refractivity contribution in [3.8, 4) is 0 Å². The molecule has 0 N–H and O–H groups in total. The Morgan fingerprint density at radius 1 is 1.60 bits per heavy atom. The van der Waals surface area contributed by atoms with E-state index < -0.39 is 0 Å². The number of ketones is 1. The Hall–Kier alpha value is -0.730. The lowest BCUT2D eigenvalue weighted by Gasteiger charge is -2.19. The topological polar surface area (TPSA) is 41.8 Å². The molecule has 1 aliphatic heterocycles. The molecule has 10 heavy (non-hydrogen) atoms. The fraction of sp³-hybridized carbons (Fsp3) is 0.857. The maximum Gasteiger partial charge on any atom is 0.156 e. The van der Waals surface area contributed by atoms with Gasteiger partial charge in [-0.05, 0) is 6.92 Å². The number of hydrogen-bond acceptors (Lipinski definition) is 3. The molecule has 1 heterocycles. The van der Waals surface area contributed by atoms with Gasteiger partial charge in [-0.15, -0.1) is 0 Å². The van der Waals surface area contributed by atoms with Gasteiger partial charge >= 0.3 is 0 Å². The predicted molar refractivity (Wildman–Crippen MR) is 38.0 cm³/mol. The highest BCUT2D eigenvalue weighted by Crippen LogP contribution is 2.29. The molecule has 0 aliphatic carbocycles. The summed E-state index contributed by atoms with van der Waals surface area (Å²) < 4.78 is 0. The number of carbonyl (C=O) groups excluding carboxylic acids is 1. The van der Waals surface area contributed by atoms with Gasteiger partial charge in [0.15, 0.2) is 5.78 Å². The molecule has 1 unspecified atom stereocenters. The number of rotatable bonds is 1. The van der Waals surface area contributed by atoms with Crippen molar-refractivity contribution in [1.29, 1.82) is 0 Å². The molecule has 1 atom stereocenters. The first-order valence-corrected chi connectivity index (χ1v) is 3.41. The van der Waals surface area contributed by atoms with Gasteiger partial charge in [0.25, 0.3) is 0 Å². The van der Waals surface area contributed by atoms with E-state index in [2.05, 4.69) is 10.2 Å². The highest BCUT2D eigenvalue weighted by Gasteiger charge is 2.36. The molecule has 0 bridgehead atoms. The Balaban J connectivity index is 2.77. The van der Waals surface area contributed by atoms with Crippen molar-refractivity contribution in [2.75, 3.05) is 6.54 Å². The van der Waals surface area contributed by atoms with E-state index in [0.29, 0.717) is 6.54 Å². The molecule has 0 aromatic heterocycles. The molecular formula is C7H12N2O. The molecule has 0 fully saturated rings. The predicted octanol–water partition coefficient (Wildman–Crippen LogP) is 1.44. The number of carbonyl (C=O) groups is 1. The monoisotopic (exact) mass is 140 g/mol. The van der Waals surface area contributed by atoms with Gasteiger partial charge in [0, 0.05) is 5.41 Å². The zero-order valence-electron chi connectivity index (χ0n) is 6.59. The van der Waals surface area contributed by atoms with Gasteiger partial charge in [-0.25, -0.2) is 0 Å². The molecule has 0 spiro atoms. The molecule has 0 saturated carbocycles. The number of azo groups is 1. The summed E-state index contributed by atoms with van der Waals surface area (Å²) in [6, 6.07) is -0.201. The lowest BCUT2D eigenvalue weighted by atomic mass is 9.84. The average Bonchev–Trinajstić information content (AvgIpc) is 2.08. The molecule has 1 aliphatic rings. The van der Waals surface area contributed by atoms with Crippen LogP contribution in [0.1, 0.15) is 20.8 Å². The summed E-state index contributed by atoms with van der Waals surface area (Å²) in [4.78, 5) is 10.9. The first-order valence-electron chi connectivity index (χ1n) is 3.41. The first-order chi connectivity index (χ1) is 4.54. The lowest BCUT2D eigenvalue weighted by Crippen LogP contribution is -2.31. The lowest BCUT2D eigenvalue weighted by molar-refractivity contribution is -0.119. The maximum absolute atomic E-state index is 10.9. The van der Waals surface area contributed by atoms with E-state index in [9.17, 15) is 4.79 Å². The van der Waals surface area contributed by atoms with Crippen LogP contribution in [0.3, 0.4) is 0 Å². The van der Waals surface area contributed by atoms with Crippen LogP contribution in [0.5, 0.6) is 0 Å². The number of nitrogens with zero attached hydrogens (tertiary/aromatic N) is 2. The third kappa shape index (κ3) is 1.08. The molecule has 0 radical (unpaired) electrons. The van der Waals surface area contributed by atoms with E-state index in [0.717, 1.165) is 0 Å². The van der Waals surface area contributed by atoms with E-state index in [-0.39, 0.29) is 17.2 Å². The summed E-state index contributed by atoms with van der Waals surface area (Å²) in [6.45, 7) is 6.27. The van der Waals surface area contributed by atoms with E-state index in [1.54, 1.807) is 6.92 Å². The Labute approximate surface area is 60.5 Å². The minimum atomic E-state index is -0.201. The van der Waals surface area contributed by atoms with E-state index in [1.165, 1.54) is 0 Å². The van der Waals surface area contributed by atoms with Crippen LogP contribution < -0.4 is 0 Å². The van der Waals surface area contributed by atoms with Crippen molar-refractivity contribution in [3.05, 3.63) is 0 Å². The second-order valence-corrected chi connectivity index (χ2v) is 3.42. The highest BCUT2D eigenvalue weighted by atomic mass is 16.1. The second-order valence-electron chi connectivity index (χ2n) is 3.42. The quantitative estimate of drug-likeness (QED) is 0.543. The summed E-state index contributed by atoms with van der Waals surface area (Å²) in [7, 11) is 0. The summed E-state index contributed by atoms with van der Waals surface area (Å²) in [5.74, 6) is 0.117. The fourth-order valence-electron chi connectivity index (χ4n) is 1.18. The highest BCUT2D eigenvalue weighted by molar-refractivity contribution is 5.82. The van der Waals surface area contributed by atoms with Crippen molar-refractivity contribution in [1.82, 2.24) is 0 Å². The molecule has 56 valence electrons. The van der Waals surface area contributed by atoms with Gasteiger partial charge < -0.3 is 0 Å². The van der Waals surface area contributed by atoms with Crippen LogP contribution in [0, 0.1) is 5.41 Å². The van der Waals surface area contributed by atoms with Crippen LogP contribution >= 0.6 is 0 Å². The van der Waals surface area contributed by atoms with E-state index in [4.69, 9.17) is 0 Å². The Kier molecular flexibility index (Phi) is 1.58. The van der Waals surface area contributed by atoms with Crippen LogP contribution in [0.15, 0.2) is 10.2 Å². The van der Waals surface area contributed by atoms with Crippen LogP contribution in [0.25, 0.3) is 0 Å². The first kappa shape index (κ1) is 7.38. The molecule has 0 aromatic carbocycles. The van der Waals surface area contributed by atoms with Gasteiger partial charge in [0.2, 0.25) is 0 Å². The average molecular weight is 140 g/mol. The van der Waals surface area contributed by atoms with E-state index >= 15 is 0 Å². The van der Waals surface area contributed by atoms with Crippen molar-refractivity contribution in [3.63, 3.8) is 0 Å². The summed E-state index contributed by atoms with van der Waals surface area (Å²) in [5, 5.41) is 7.71. The smallest absolute Gasteiger partial charge is 0.156 e. The largest absolute Gasteiger partial charge is 0.298 e. The zero-order valence-corrected chi connectivity index (χ0v) is 6.59. The number of hydrogen-bond donors (Lipinski definition) is 0. The standard InChI is InChI=1S/C7H12N2O/c1-5(10)6-7(2,3)4-8-9-6/h6H,4H2,1-3H3. The van der Waals surface area contributed by atoms with Gasteiger partial charge in [0.1, 0.15) is 6.04 Å². The number of Topliss-reactive ketones (excluding diaryl/α,β-unsaturated/α-hetero) is 1. The second kappa shape index (κ2) is 2.15. The molecule has 0 aromatic rings. The van der Waals surface area contributed by atoms with E-state index in [1.807, 2.05) is 13.8 Å². The van der Waals surface area contributed by atoms with Crippen LogP contribution in [-0.2, 0) is 4.79 Å².